The summed E-state index contributed by atoms with van der Waals surface area (Å²) in [7, 11) is 0. The van der Waals surface area contributed by atoms with E-state index in [0.29, 0.717) is 0 Å². The van der Waals surface area contributed by atoms with E-state index in [1.165, 1.54) is 44.1 Å². The molecular formula is C22H28N2OS. The van der Waals surface area contributed by atoms with Crippen LogP contribution in [0, 0.1) is 17.8 Å². The third-order valence-electron chi connectivity index (χ3n) is 6.90. The molecular weight excluding hydrogens is 340 g/mol. The van der Waals surface area contributed by atoms with Gasteiger partial charge in [-0.2, -0.15) is 0 Å². The first-order valence-electron chi connectivity index (χ1n) is 10.3. The van der Waals surface area contributed by atoms with Gasteiger partial charge in [-0.05, 0) is 81.1 Å². The normalized spacial score (nSPS) is 39.5. The molecule has 1 aromatic carbocycles. The Labute approximate surface area is 160 Å². The van der Waals surface area contributed by atoms with Crippen LogP contribution in [0.3, 0.4) is 0 Å². The van der Waals surface area contributed by atoms with Crippen molar-refractivity contribution in [3.05, 3.63) is 35.9 Å². The molecule has 138 valence electrons. The number of carbonyl (C=O) groups excluding carboxylic acids is 1. The largest absolute Gasteiger partial charge is 0.304 e. The minimum atomic E-state index is 0.0476. The molecule has 1 N–H and O–H groups in total. The molecule has 6 rings (SSSR count). The Morgan fingerprint density at radius 2 is 1.69 bits per heavy atom. The van der Waals surface area contributed by atoms with Gasteiger partial charge in [-0.3, -0.25) is 9.79 Å². The first-order valence-corrected chi connectivity index (χ1v) is 11.2. The molecule has 1 saturated heterocycles. The summed E-state index contributed by atoms with van der Waals surface area (Å²) in [4.78, 5) is 17.6. The number of hydrogen-bond donors (Lipinski definition) is 1. The lowest BCUT2D eigenvalue weighted by atomic mass is 9.53. The quantitative estimate of drug-likeness (QED) is 0.827. The van der Waals surface area contributed by atoms with Crippen LogP contribution in [0.2, 0.25) is 0 Å². The topological polar surface area (TPSA) is 41.5 Å². The van der Waals surface area contributed by atoms with E-state index in [2.05, 4.69) is 35.6 Å². The van der Waals surface area contributed by atoms with E-state index in [1.54, 1.807) is 11.8 Å². The van der Waals surface area contributed by atoms with E-state index in [9.17, 15) is 4.79 Å². The third-order valence-corrected chi connectivity index (χ3v) is 8.05. The number of thioether (sulfide) groups is 1. The highest BCUT2D eigenvalue weighted by atomic mass is 32.2. The van der Waals surface area contributed by atoms with Crippen LogP contribution in [0.5, 0.6) is 0 Å². The second kappa shape index (κ2) is 6.70. The summed E-state index contributed by atoms with van der Waals surface area (Å²) in [5.74, 6) is 2.87. The highest BCUT2D eigenvalue weighted by Gasteiger charge is 2.51. The highest BCUT2D eigenvalue weighted by molar-refractivity contribution is 8.15. The molecule has 4 aliphatic carbocycles. The van der Waals surface area contributed by atoms with Gasteiger partial charge in [0.2, 0.25) is 5.91 Å². The van der Waals surface area contributed by atoms with E-state index >= 15 is 0 Å². The molecule has 1 amide bonds. The maximum absolute atomic E-state index is 12.4. The van der Waals surface area contributed by atoms with Gasteiger partial charge in [-0.25, -0.2) is 0 Å². The lowest BCUT2D eigenvalue weighted by molar-refractivity contribution is -0.118. The summed E-state index contributed by atoms with van der Waals surface area (Å²) >= 11 is 1.69. The van der Waals surface area contributed by atoms with Gasteiger partial charge in [0.15, 0.2) is 5.17 Å². The molecule has 1 aliphatic heterocycles. The van der Waals surface area contributed by atoms with Crippen molar-refractivity contribution in [2.75, 3.05) is 0 Å². The van der Waals surface area contributed by atoms with Gasteiger partial charge in [0.25, 0.3) is 0 Å². The predicted octanol–water partition coefficient (Wildman–Crippen LogP) is 4.57. The summed E-state index contributed by atoms with van der Waals surface area (Å²) in [6, 6.07) is 10.6. The van der Waals surface area contributed by atoms with Crippen molar-refractivity contribution in [1.82, 2.24) is 5.32 Å². The predicted molar refractivity (Wildman–Crippen MR) is 107 cm³/mol. The SMILES string of the molecule is O=C1NC(=NC23CC4CC(CC(C4)C2)C3)SC1CCCc1ccccc1. The zero-order valence-electron chi connectivity index (χ0n) is 15.3. The Bertz CT molecular complexity index is 679. The number of nitrogens with zero attached hydrogens (tertiary/aromatic N) is 1. The number of amides is 1. The monoisotopic (exact) mass is 368 g/mol. The van der Waals surface area contributed by atoms with Gasteiger partial charge in [0.1, 0.15) is 0 Å². The Morgan fingerprint density at radius 1 is 1.04 bits per heavy atom. The Hall–Kier alpha value is -1.29. The highest BCUT2D eigenvalue weighted by Crippen LogP contribution is 2.57. The second-order valence-corrected chi connectivity index (χ2v) is 10.2. The first-order chi connectivity index (χ1) is 12.7. The number of benzene rings is 1. The van der Waals surface area contributed by atoms with E-state index in [0.717, 1.165) is 42.2 Å². The van der Waals surface area contributed by atoms with Crippen molar-refractivity contribution in [2.45, 2.75) is 68.6 Å². The van der Waals surface area contributed by atoms with Crippen LogP contribution in [-0.2, 0) is 11.2 Å². The first kappa shape index (κ1) is 16.9. The summed E-state index contributed by atoms with van der Waals surface area (Å²) < 4.78 is 0. The molecule has 3 nitrogen and oxygen atoms in total. The summed E-state index contributed by atoms with van der Waals surface area (Å²) in [6.45, 7) is 0. The van der Waals surface area contributed by atoms with Crippen LogP contribution in [0.25, 0.3) is 0 Å². The Morgan fingerprint density at radius 3 is 2.35 bits per heavy atom. The smallest absolute Gasteiger partial charge is 0.239 e. The van der Waals surface area contributed by atoms with Gasteiger partial charge < -0.3 is 5.32 Å². The molecule has 4 heteroatoms. The fourth-order valence-electron chi connectivity index (χ4n) is 6.20. The van der Waals surface area contributed by atoms with Crippen LogP contribution >= 0.6 is 11.8 Å². The maximum Gasteiger partial charge on any atom is 0.239 e. The van der Waals surface area contributed by atoms with Crippen LogP contribution < -0.4 is 5.32 Å². The van der Waals surface area contributed by atoms with E-state index in [-0.39, 0.29) is 16.7 Å². The fourth-order valence-corrected chi connectivity index (χ4v) is 7.33. The standard InChI is InChI=1S/C22H28N2OS/c25-20-19(8-4-7-15-5-2-1-3-6-15)26-21(23-20)24-22-12-16-9-17(13-22)11-18(10-16)14-22/h1-3,5-6,16-19H,4,7-14H2,(H,23,24,25). The molecule has 1 aromatic rings. The Kier molecular flexibility index (Phi) is 4.35. The van der Waals surface area contributed by atoms with Crippen molar-refractivity contribution >= 4 is 22.8 Å². The second-order valence-electron chi connectivity index (χ2n) is 9.03. The molecule has 1 atom stereocenters. The summed E-state index contributed by atoms with van der Waals surface area (Å²) in [6.07, 6.45) is 11.1. The number of aliphatic imine (C=N–C) groups is 1. The number of amidine groups is 1. The molecule has 26 heavy (non-hydrogen) atoms. The molecule has 4 saturated carbocycles. The lowest BCUT2D eigenvalue weighted by Gasteiger charge is -2.55. The minimum Gasteiger partial charge on any atom is -0.304 e. The Balaban J connectivity index is 1.21. The molecule has 0 aromatic heterocycles. The minimum absolute atomic E-state index is 0.0476. The zero-order chi connectivity index (χ0) is 17.6. The van der Waals surface area contributed by atoms with Gasteiger partial charge in [0, 0.05) is 0 Å². The molecule has 5 fully saturated rings. The molecule has 4 bridgehead atoms. The average molecular weight is 369 g/mol. The van der Waals surface area contributed by atoms with Crippen molar-refractivity contribution in [3.8, 4) is 0 Å². The molecule has 0 spiro atoms. The van der Waals surface area contributed by atoms with Gasteiger partial charge in [0.05, 0.1) is 10.8 Å². The van der Waals surface area contributed by atoms with E-state index in [1.807, 2.05) is 0 Å². The molecule has 1 heterocycles. The summed E-state index contributed by atoms with van der Waals surface area (Å²) in [5, 5.41) is 4.07. The summed E-state index contributed by atoms with van der Waals surface area (Å²) in [5.41, 5.74) is 1.52. The van der Waals surface area contributed by atoms with Crippen LogP contribution in [-0.4, -0.2) is 21.9 Å². The average Bonchev–Trinajstić information content (AvgIpc) is 2.93. The number of rotatable bonds is 5. The van der Waals surface area contributed by atoms with Crippen molar-refractivity contribution < 1.29 is 4.79 Å². The maximum atomic E-state index is 12.4. The third kappa shape index (κ3) is 3.33. The van der Waals surface area contributed by atoms with Gasteiger partial charge in [-0.1, -0.05) is 42.1 Å². The molecule has 1 unspecified atom stereocenters. The van der Waals surface area contributed by atoms with Crippen molar-refractivity contribution in [3.63, 3.8) is 0 Å². The zero-order valence-corrected chi connectivity index (χ0v) is 16.1. The molecule has 0 radical (unpaired) electrons. The molecule has 5 aliphatic rings. The fraction of sp³-hybridized carbons (Fsp3) is 0.636. The van der Waals surface area contributed by atoms with E-state index < -0.39 is 0 Å². The van der Waals surface area contributed by atoms with E-state index in [4.69, 9.17) is 4.99 Å². The van der Waals surface area contributed by atoms with Crippen LogP contribution in [0.1, 0.15) is 56.9 Å². The van der Waals surface area contributed by atoms with Crippen molar-refractivity contribution in [2.24, 2.45) is 22.7 Å². The van der Waals surface area contributed by atoms with Gasteiger partial charge >= 0.3 is 0 Å². The number of carbonyl (C=O) groups is 1. The van der Waals surface area contributed by atoms with Crippen LogP contribution in [0.15, 0.2) is 35.3 Å². The number of nitrogens with one attached hydrogen (secondary N) is 1. The van der Waals surface area contributed by atoms with Gasteiger partial charge in [-0.15, -0.1) is 0 Å². The number of hydrogen-bond acceptors (Lipinski definition) is 3. The lowest BCUT2D eigenvalue weighted by Crippen LogP contribution is -2.50. The van der Waals surface area contributed by atoms with Crippen molar-refractivity contribution in [1.29, 1.82) is 0 Å². The van der Waals surface area contributed by atoms with Crippen LogP contribution in [0.4, 0.5) is 0 Å². The number of aryl methyl sites for hydroxylation is 1.